The summed E-state index contributed by atoms with van der Waals surface area (Å²) in [5, 5.41) is 8.00. The number of hydrogen-bond donors (Lipinski definition) is 1. The van der Waals surface area contributed by atoms with Crippen LogP contribution in [0.4, 0.5) is 0 Å². The highest BCUT2D eigenvalue weighted by Gasteiger charge is 2.42. The molecule has 2 heterocycles. The van der Waals surface area contributed by atoms with Gasteiger partial charge < -0.3 is 5.32 Å². The fourth-order valence-electron chi connectivity index (χ4n) is 2.72. The van der Waals surface area contributed by atoms with E-state index in [4.69, 9.17) is 4.98 Å². The zero-order valence-electron chi connectivity index (χ0n) is 13.5. The SMILES string of the molecule is CCCNC1(c2nc(C(C)(C)C)cs2)CCCSC1C. The molecular weight excluding hydrogens is 284 g/mol. The highest BCUT2D eigenvalue weighted by molar-refractivity contribution is 8.00. The molecule has 2 unspecified atom stereocenters. The largest absolute Gasteiger partial charge is 0.305 e. The van der Waals surface area contributed by atoms with Crippen LogP contribution in [0.25, 0.3) is 0 Å². The molecule has 2 rings (SSSR count). The van der Waals surface area contributed by atoms with E-state index in [1.165, 1.54) is 35.7 Å². The van der Waals surface area contributed by atoms with Gasteiger partial charge in [-0.05, 0) is 31.6 Å². The molecule has 2 atom stereocenters. The third-order valence-electron chi connectivity index (χ3n) is 4.12. The average molecular weight is 313 g/mol. The van der Waals surface area contributed by atoms with Crippen molar-refractivity contribution in [2.45, 2.75) is 70.1 Å². The van der Waals surface area contributed by atoms with Crippen LogP contribution in [-0.2, 0) is 11.0 Å². The number of rotatable bonds is 4. The Balaban J connectivity index is 2.33. The fraction of sp³-hybridized carbons (Fsp3) is 0.812. The van der Waals surface area contributed by atoms with Gasteiger partial charge >= 0.3 is 0 Å². The van der Waals surface area contributed by atoms with E-state index in [9.17, 15) is 0 Å². The van der Waals surface area contributed by atoms with Crippen LogP contribution in [0.1, 0.15) is 64.6 Å². The number of nitrogens with zero attached hydrogens (tertiary/aromatic N) is 1. The Morgan fingerprint density at radius 1 is 1.45 bits per heavy atom. The zero-order valence-corrected chi connectivity index (χ0v) is 15.1. The van der Waals surface area contributed by atoms with Crippen molar-refractivity contribution in [1.29, 1.82) is 0 Å². The molecule has 1 fully saturated rings. The second kappa shape index (κ2) is 6.37. The first-order valence-electron chi connectivity index (χ1n) is 7.73. The molecule has 1 saturated heterocycles. The van der Waals surface area contributed by atoms with Crippen molar-refractivity contribution in [3.8, 4) is 0 Å². The molecule has 0 spiro atoms. The van der Waals surface area contributed by atoms with Crippen LogP contribution in [0.15, 0.2) is 5.38 Å². The summed E-state index contributed by atoms with van der Waals surface area (Å²) in [7, 11) is 0. The van der Waals surface area contributed by atoms with Crippen molar-refractivity contribution in [1.82, 2.24) is 10.3 Å². The van der Waals surface area contributed by atoms with E-state index in [2.05, 4.69) is 57.1 Å². The minimum Gasteiger partial charge on any atom is -0.305 e. The number of thiazole rings is 1. The molecule has 1 aromatic rings. The summed E-state index contributed by atoms with van der Waals surface area (Å²) >= 11 is 3.94. The molecule has 1 aliphatic rings. The highest BCUT2D eigenvalue weighted by Crippen LogP contribution is 2.43. The minimum absolute atomic E-state index is 0.0904. The predicted molar refractivity (Wildman–Crippen MR) is 91.9 cm³/mol. The Morgan fingerprint density at radius 2 is 2.20 bits per heavy atom. The van der Waals surface area contributed by atoms with Crippen molar-refractivity contribution in [3.05, 3.63) is 16.1 Å². The molecule has 1 aliphatic heterocycles. The summed E-state index contributed by atoms with van der Waals surface area (Å²) in [4.78, 5) is 5.02. The van der Waals surface area contributed by atoms with Crippen LogP contribution < -0.4 is 5.32 Å². The fourth-order valence-corrected chi connectivity index (χ4v) is 5.39. The van der Waals surface area contributed by atoms with Crippen LogP contribution in [0.5, 0.6) is 0 Å². The molecule has 0 aliphatic carbocycles. The maximum absolute atomic E-state index is 5.02. The molecule has 2 nitrogen and oxygen atoms in total. The van der Waals surface area contributed by atoms with Crippen LogP contribution >= 0.6 is 23.1 Å². The van der Waals surface area contributed by atoms with Gasteiger partial charge in [0, 0.05) is 16.0 Å². The third-order valence-corrected chi connectivity index (χ3v) is 6.57. The Hall–Kier alpha value is -0.0600. The Kier molecular flexibility index (Phi) is 5.19. The van der Waals surface area contributed by atoms with Gasteiger partial charge in [-0.1, -0.05) is 34.6 Å². The molecular formula is C16H28N2S2. The lowest BCUT2D eigenvalue weighted by molar-refractivity contribution is 0.294. The van der Waals surface area contributed by atoms with E-state index in [1.54, 1.807) is 0 Å². The molecule has 0 aromatic carbocycles. The smallest absolute Gasteiger partial charge is 0.114 e. The quantitative estimate of drug-likeness (QED) is 0.883. The van der Waals surface area contributed by atoms with Gasteiger partial charge in [0.05, 0.1) is 11.2 Å². The Bertz CT molecular complexity index is 436. The van der Waals surface area contributed by atoms with Crippen molar-refractivity contribution < 1.29 is 0 Å². The lowest BCUT2D eigenvalue weighted by Gasteiger charge is -2.41. The van der Waals surface area contributed by atoms with Crippen LogP contribution in [-0.4, -0.2) is 22.5 Å². The van der Waals surface area contributed by atoms with E-state index < -0.39 is 0 Å². The van der Waals surface area contributed by atoms with E-state index in [0.29, 0.717) is 5.25 Å². The first kappa shape index (κ1) is 16.3. The van der Waals surface area contributed by atoms with E-state index in [1.807, 2.05) is 11.3 Å². The molecule has 0 amide bonds. The van der Waals surface area contributed by atoms with Crippen LogP contribution in [0.3, 0.4) is 0 Å². The van der Waals surface area contributed by atoms with Crippen molar-refractivity contribution in [2.24, 2.45) is 0 Å². The molecule has 0 saturated carbocycles. The Labute approximate surface area is 132 Å². The van der Waals surface area contributed by atoms with Crippen molar-refractivity contribution >= 4 is 23.1 Å². The summed E-state index contributed by atoms with van der Waals surface area (Å²) in [5.41, 5.74) is 1.47. The van der Waals surface area contributed by atoms with Gasteiger partial charge in [-0.25, -0.2) is 4.98 Å². The minimum atomic E-state index is 0.0904. The van der Waals surface area contributed by atoms with Crippen molar-refractivity contribution in [2.75, 3.05) is 12.3 Å². The van der Waals surface area contributed by atoms with Gasteiger partial charge in [0.25, 0.3) is 0 Å². The first-order chi connectivity index (χ1) is 9.40. The number of nitrogens with one attached hydrogen (secondary N) is 1. The van der Waals surface area contributed by atoms with Crippen LogP contribution in [0.2, 0.25) is 0 Å². The number of hydrogen-bond acceptors (Lipinski definition) is 4. The molecule has 20 heavy (non-hydrogen) atoms. The van der Waals surface area contributed by atoms with Crippen LogP contribution in [0, 0.1) is 0 Å². The van der Waals surface area contributed by atoms with E-state index in [0.717, 1.165) is 6.54 Å². The van der Waals surface area contributed by atoms with Gasteiger partial charge in [-0.2, -0.15) is 11.8 Å². The lowest BCUT2D eigenvalue weighted by Crippen LogP contribution is -2.51. The molecule has 114 valence electrons. The maximum Gasteiger partial charge on any atom is 0.114 e. The highest BCUT2D eigenvalue weighted by atomic mass is 32.2. The summed E-state index contributed by atoms with van der Waals surface area (Å²) < 4.78 is 0. The Morgan fingerprint density at radius 3 is 2.75 bits per heavy atom. The molecule has 1 aromatic heterocycles. The number of aromatic nitrogens is 1. The maximum atomic E-state index is 5.02. The van der Waals surface area contributed by atoms with Gasteiger partial charge in [-0.3, -0.25) is 0 Å². The van der Waals surface area contributed by atoms with E-state index in [-0.39, 0.29) is 11.0 Å². The predicted octanol–water partition coefficient (Wildman–Crippen LogP) is 4.55. The molecule has 0 radical (unpaired) electrons. The average Bonchev–Trinajstić information content (AvgIpc) is 2.88. The van der Waals surface area contributed by atoms with E-state index >= 15 is 0 Å². The van der Waals surface area contributed by atoms with Crippen molar-refractivity contribution in [3.63, 3.8) is 0 Å². The summed E-state index contributed by atoms with van der Waals surface area (Å²) in [6.07, 6.45) is 3.69. The molecule has 4 heteroatoms. The summed E-state index contributed by atoms with van der Waals surface area (Å²) in [6, 6.07) is 0. The molecule has 0 bridgehead atoms. The second-order valence-electron chi connectivity index (χ2n) is 6.80. The zero-order chi connectivity index (χ0) is 14.8. The normalized spacial score (nSPS) is 27.8. The van der Waals surface area contributed by atoms with Gasteiger partial charge in [0.1, 0.15) is 5.01 Å². The topological polar surface area (TPSA) is 24.9 Å². The monoisotopic (exact) mass is 312 g/mol. The summed E-state index contributed by atoms with van der Waals surface area (Å²) in [6.45, 7) is 12.4. The third kappa shape index (κ3) is 3.23. The van der Waals surface area contributed by atoms with Gasteiger partial charge in [0.2, 0.25) is 0 Å². The van der Waals surface area contributed by atoms with Gasteiger partial charge in [0.15, 0.2) is 0 Å². The lowest BCUT2D eigenvalue weighted by atomic mass is 9.89. The standard InChI is InChI=1S/C16H28N2S2/c1-6-9-17-16(8-7-10-19-12(16)2)14-18-13(11-20-14)15(3,4)5/h11-12,17H,6-10H2,1-5H3. The first-order valence-corrected chi connectivity index (χ1v) is 9.66. The summed E-state index contributed by atoms with van der Waals surface area (Å²) in [5.74, 6) is 1.29. The second-order valence-corrected chi connectivity index (χ2v) is 9.11. The molecule has 1 N–H and O–H groups in total. The number of thioether (sulfide) groups is 1. The van der Waals surface area contributed by atoms with Gasteiger partial charge in [-0.15, -0.1) is 11.3 Å².